The van der Waals surface area contributed by atoms with Crippen LogP contribution in [-0.2, 0) is 4.79 Å². The lowest BCUT2D eigenvalue weighted by atomic mass is 10.2. The van der Waals surface area contributed by atoms with Gasteiger partial charge in [0.05, 0.1) is 18.8 Å². The average Bonchev–Trinajstić information content (AvgIpc) is 3.11. The van der Waals surface area contributed by atoms with Crippen LogP contribution in [0.1, 0.15) is 18.7 Å². The summed E-state index contributed by atoms with van der Waals surface area (Å²) in [6.07, 6.45) is 5.11. The highest BCUT2D eigenvalue weighted by atomic mass is 16.3. The second-order valence-corrected chi connectivity index (χ2v) is 5.62. The Morgan fingerprint density at radius 3 is 2.65 bits per heavy atom. The summed E-state index contributed by atoms with van der Waals surface area (Å²) in [6.45, 7) is 5.60. The zero-order valence-electron chi connectivity index (χ0n) is 13.2. The van der Waals surface area contributed by atoms with E-state index < -0.39 is 0 Å². The number of carbonyl (C=O) groups is 1. The number of anilines is 1. The Kier molecular flexibility index (Phi) is 4.87. The fraction of sp³-hybridized carbons (Fsp3) is 0.438. The molecule has 7 heteroatoms. The van der Waals surface area contributed by atoms with E-state index >= 15 is 0 Å². The molecule has 1 aliphatic heterocycles. The van der Waals surface area contributed by atoms with Crippen LogP contribution in [0.3, 0.4) is 0 Å². The molecule has 0 bridgehead atoms. The molecule has 2 aromatic rings. The Bertz CT molecular complexity index is 609. The van der Waals surface area contributed by atoms with E-state index in [-0.39, 0.29) is 11.9 Å². The van der Waals surface area contributed by atoms with Gasteiger partial charge in [0.2, 0.25) is 11.9 Å². The number of rotatable bonds is 5. The minimum atomic E-state index is -0.114. The number of furan rings is 1. The number of piperazine rings is 1. The van der Waals surface area contributed by atoms with Gasteiger partial charge in [-0.3, -0.25) is 9.69 Å². The summed E-state index contributed by atoms with van der Waals surface area (Å²) in [4.78, 5) is 24.9. The van der Waals surface area contributed by atoms with Crippen LogP contribution in [0.25, 0.3) is 0 Å². The second-order valence-electron chi connectivity index (χ2n) is 5.62. The van der Waals surface area contributed by atoms with Gasteiger partial charge < -0.3 is 14.6 Å². The molecule has 1 saturated heterocycles. The molecule has 7 nitrogen and oxygen atoms in total. The van der Waals surface area contributed by atoms with Crippen LogP contribution in [0.2, 0.25) is 0 Å². The summed E-state index contributed by atoms with van der Waals surface area (Å²) in [6, 6.07) is 5.38. The largest absolute Gasteiger partial charge is 0.467 e. The predicted octanol–water partition coefficient (Wildman–Crippen LogP) is 1.07. The summed E-state index contributed by atoms with van der Waals surface area (Å²) in [5, 5.41) is 2.96. The molecule has 3 heterocycles. The SMILES string of the molecule is CC(NC(=O)CN1CCN(c2ncccn2)CC1)c1ccco1. The van der Waals surface area contributed by atoms with Crippen molar-refractivity contribution in [2.45, 2.75) is 13.0 Å². The quantitative estimate of drug-likeness (QED) is 0.889. The maximum Gasteiger partial charge on any atom is 0.234 e. The standard InChI is InChI=1S/C16H21N5O2/c1-13(14-4-2-11-23-14)19-15(22)12-20-7-9-21(10-8-20)16-17-5-3-6-18-16/h2-6,11,13H,7-10,12H2,1H3,(H,19,22). The number of nitrogens with one attached hydrogen (secondary N) is 1. The van der Waals surface area contributed by atoms with Gasteiger partial charge >= 0.3 is 0 Å². The molecule has 23 heavy (non-hydrogen) atoms. The molecule has 0 saturated carbocycles. The van der Waals surface area contributed by atoms with Crippen LogP contribution in [0.15, 0.2) is 41.3 Å². The predicted molar refractivity (Wildman–Crippen MR) is 86.0 cm³/mol. The first-order chi connectivity index (χ1) is 11.2. The lowest BCUT2D eigenvalue weighted by Crippen LogP contribution is -2.50. The van der Waals surface area contributed by atoms with Crippen molar-refractivity contribution < 1.29 is 9.21 Å². The molecule has 1 fully saturated rings. The lowest BCUT2D eigenvalue weighted by molar-refractivity contribution is -0.123. The zero-order chi connectivity index (χ0) is 16.1. The maximum absolute atomic E-state index is 12.1. The molecular formula is C16H21N5O2. The Balaban J connectivity index is 1.44. The van der Waals surface area contributed by atoms with Crippen LogP contribution in [0.4, 0.5) is 5.95 Å². The fourth-order valence-electron chi connectivity index (χ4n) is 2.66. The van der Waals surface area contributed by atoms with Gasteiger partial charge in [0.1, 0.15) is 5.76 Å². The molecule has 1 amide bonds. The Hall–Kier alpha value is -2.41. The van der Waals surface area contributed by atoms with Gasteiger partial charge in [-0.05, 0) is 25.1 Å². The molecule has 122 valence electrons. The molecular weight excluding hydrogens is 294 g/mol. The third-order valence-corrected chi connectivity index (χ3v) is 3.92. The van der Waals surface area contributed by atoms with Gasteiger partial charge in [0.25, 0.3) is 0 Å². The number of carbonyl (C=O) groups excluding carboxylic acids is 1. The molecule has 0 aliphatic carbocycles. The fourth-order valence-corrected chi connectivity index (χ4v) is 2.66. The van der Waals surface area contributed by atoms with Crippen molar-refractivity contribution in [1.82, 2.24) is 20.2 Å². The lowest BCUT2D eigenvalue weighted by Gasteiger charge is -2.34. The highest BCUT2D eigenvalue weighted by Crippen LogP contribution is 2.12. The summed E-state index contributed by atoms with van der Waals surface area (Å²) in [5.41, 5.74) is 0. The van der Waals surface area contributed by atoms with Crippen molar-refractivity contribution in [2.24, 2.45) is 0 Å². The van der Waals surface area contributed by atoms with Crippen LogP contribution in [0, 0.1) is 0 Å². The van der Waals surface area contributed by atoms with Crippen LogP contribution in [0.5, 0.6) is 0 Å². The highest BCUT2D eigenvalue weighted by Gasteiger charge is 2.21. The van der Waals surface area contributed by atoms with Crippen molar-refractivity contribution in [3.8, 4) is 0 Å². The van der Waals surface area contributed by atoms with Gasteiger partial charge in [0, 0.05) is 38.6 Å². The molecule has 0 aromatic carbocycles. The average molecular weight is 315 g/mol. The van der Waals surface area contributed by atoms with Gasteiger partial charge in [-0.1, -0.05) is 0 Å². The molecule has 1 aliphatic rings. The molecule has 1 N–H and O–H groups in total. The normalized spacial score (nSPS) is 17.0. The Morgan fingerprint density at radius 2 is 2.00 bits per heavy atom. The van der Waals surface area contributed by atoms with Crippen LogP contribution < -0.4 is 10.2 Å². The topological polar surface area (TPSA) is 74.5 Å². The molecule has 1 unspecified atom stereocenters. The summed E-state index contributed by atoms with van der Waals surface area (Å²) >= 11 is 0. The first-order valence-electron chi connectivity index (χ1n) is 7.79. The van der Waals surface area contributed by atoms with E-state index in [1.807, 2.05) is 25.1 Å². The van der Waals surface area contributed by atoms with E-state index in [4.69, 9.17) is 4.42 Å². The van der Waals surface area contributed by atoms with Crippen LogP contribution in [-0.4, -0.2) is 53.5 Å². The minimum Gasteiger partial charge on any atom is -0.467 e. The maximum atomic E-state index is 12.1. The molecule has 0 spiro atoms. The number of hydrogen-bond acceptors (Lipinski definition) is 6. The summed E-state index contributed by atoms with van der Waals surface area (Å²) < 4.78 is 5.30. The van der Waals surface area contributed by atoms with Crippen molar-refractivity contribution in [1.29, 1.82) is 0 Å². The third kappa shape index (κ3) is 4.07. The van der Waals surface area contributed by atoms with Crippen molar-refractivity contribution >= 4 is 11.9 Å². The van der Waals surface area contributed by atoms with Crippen molar-refractivity contribution in [2.75, 3.05) is 37.6 Å². The van der Waals surface area contributed by atoms with Gasteiger partial charge in [0.15, 0.2) is 0 Å². The highest BCUT2D eigenvalue weighted by molar-refractivity contribution is 5.78. The smallest absolute Gasteiger partial charge is 0.234 e. The summed E-state index contributed by atoms with van der Waals surface area (Å²) in [7, 11) is 0. The third-order valence-electron chi connectivity index (χ3n) is 3.92. The summed E-state index contributed by atoms with van der Waals surface area (Å²) in [5.74, 6) is 1.53. The van der Waals surface area contributed by atoms with Crippen molar-refractivity contribution in [3.05, 3.63) is 42.6 Å². The Labute approximate surface area is 135 Å². The van der Waals surface area contributed by atoms with Crippen LogP contribution >= 0.6 is 0 Å². The van der Waals surface area contributed by atoms with Gasteiger partial charge in [-0.25, -0.2) is 9.97 Å². The number of nitrogens with zero attached hydrogens (tertiary/aromatic N) is 4. The van der Waals surface area contributed by atoms with E-state index in [0.29, 0.717) is 6.54 Å². The number of hydrogen-bond donors (Lipinski definition) is 1. The molecule has 2 aromatic heterocycles. The van der Waals surface area contributed by atoms with Gasteiger partial charge in [-0.15, -0.1) is 0 Å². The first kappa shape index (κ1) is 15.5. The monoisotopic (exact) mass is 315 g/mol. The van der Waals surface area contributed by atoms with E-state index in [2.05, 4.69) is 25.1 Å². The first-order valence-corrected chi connectivity index (χ1v) is 7.79. The molecule has 3 rings (SSSR count). The van der Waals surface area contributed by atoms with E-state index in [9.17, 15) is 4.79 Å². The van der Waals surface area contributed by atoms with Crippen molar-refractivity contribution in [3.63, 3.8) is 0 Å². The van der Waals surface area contributed by atoms with E-state index in [1.54, 1.807) is 18.7 Å². The Morgan fingerprint density at radius 1 is 1.26 bits per heavy atom. The zero-order valence-corrected chi connectivity index (χ0v) is 13.2. The molecule has 0 radical (unpaired) electrons. The number of aromatic nitrogens is 2. The van der Waals surface area contributed by atoms with Gasteiger partial charge in [-0.2, -0.15) is 0 Å². The molecule has 1 atom stereocenters. The minimum absolute atomic E-state index is 0.0123. The van der Waals surface area contributed by atoms with E-state index in [1.165, 1.54) is 0 Å². The second kappa shape index (κ2) is 7.23. The van der Waals surface area contributed by atoms with E-state index in [0.717, 1.165) is 37.9 Å². The number of amides is 1.